The summed E-state index contributed by atoms with van der Waals surface area (Å²) in [5.74, 6) is 0. The zero-order valence-corrected chi connectivity index (χ0v) is 10.3. The summed E-state index contributed by atoms with van der Waals surface area (Å²) >= 11 is 0. The van der Waals surface area contributed by atoms with E-state index in [4.69, 9.17) is 0 Å². The first-order valence-electron chi connectivity index (χ1n) is 6.08. The normalized spacial score (nSPS) is 17.7. The second kappa shape index (κ2) is 8.07. The number of aromatic nitrogens is 1. The molecule has 108 valence electrons. The fourth-order valence-corrected chi connectivity index (χ4v) is 1.66. The van der Waals surface area contributed by atoms with Crippen molar-refractivity contribution >= 4 is 0 Å². The van der Waals surface area contributed by atoms with Crippen LogP contribution in [0.2, 0.25) is 0 Å². The highest BCUT2D eigenvalue weighted by Crippen LogP contribution is 2.22. The van der Waals surface area contributed by atoms with E-state index in [9.17, 15) is 22.0 Å². The lowest BCUT2D eigenvalue weighted by atomic mass is 10.0. The van der Waals surface area contributed by atoms with Crippen molar-refractivity contribution in [3.05, 3.63) is 30.1 Å². The van der Waals surface area contributed by atoms with Crippen LogP contribution in [0.25, 0.3) is 0 Å². The van der Waals surface area contributed by atoms with Gasteiger partial charge in [-0.25, -0.2) is 17.6 Å². The van der Waals surface area contributed by atoms with Crippen LogP contribution in [0.1, 0.15) is 18.5 Å². The van der Waals surface area contributed by atoms with E-state index < -0.39 is 44.2 Å². The van der Waals surface area contributed by atoms with Crippen LogP contribution in [0.4, 0.5) is 22.0 Å². The molecule has 0 saturated heterocycles. The smallest absolute Gasteiger partial charge is 0.165 e. The summed E-state index contributed by atoms with van der Waals surface area (Å²) in [5.41, 5.74) is 0.268. The molecular formula is C13H16F5N. The molecule has 0 radical (unpaired) electrons. The zero-order valence-electron chi connectivity index (χ0n) is 10.3. The number of halogens is 5. The Kier molecular flexibility index (Phi) is 6.73. The average Bonchev–Trinajstić information content (AvgIpc) is 2.44. The van der Waals surface area contributed by atoms with Gasteiger partial charge in [0.15, 0.2) is 12.3 Å². The molecule has 6 heteroatoms. The van der Waals surface area contributed by atoms with Gasteiger partial charge in [0, 0.05) is 18.3 Å². The fourth-order valence-electron chi connectivity index (χ4n) is 1.66. The van der Waals surface area contributed by atoms with Gasteiger partial charge in [0.25, 0.3) is 0 Å². The van der Waals surface area contributed by atoms with Crippen LogP contribution in [0, 0.1) is 0 Å². The van der Waals surface area contributed by atoms with E-state index in [2.05, 4.69) is 4.98 Å². The van der Waals surface area contributed by atoms with Gasteiger partial charge in [-0.3, -0.25) is 9.37 Å². The van der Waals surface area contributed by atoms with Crippen LogP contribution in [0.5, 0.6) is 0 Å². The van der Waals surface area contributed by atoms with Crippen LogP contribution in [0.15, 0.2) is 24.4 Å². The molecule has 0 saturated carbocycles. The van der Waals surface area contributed by atoms with Gasteiger partial charge >= 0.3 is 0 Å². The molecule has 4 atom stereocenters. The van der Waals surface area contributed by atoms with Gasteiger partial charge < -0.3 is 0 Å². The molecule has 0 N–H and O–H groups in total. The molecule has 0 amide bonds. The van der Waals surface area contributed by atoms with E-state index in [0.29, 0.717) is 0 Å². The van der Waals surface area contributed by atoms with Gasteiger partial charge in [-0.05, 0) is 25.0 Å². The number of hydrogen-bond donors (Lipinski definition) is 0. The highest BCUT2D eigenvalue weighted by molar-refractivity contribution is 5.05. The third-order valence-electron chi connectivity index (χ3n) is 2.74. The standard InChI is InChI=1S/C13H16F5N/c14-6-3-5-10(15)12(17)13(18)11(16)8-9-4-1-2-7-19-9/h1-2,4,7,10-13H,3,5-6,8H2. The van der Waals surface area contributed by atoms with Crippen LogP contribution in [-0.4, -0.2) is 36.3 Å². The summed E-state index contributed by atoms with van der Waals surface area (Å²) in [7, 11) is 0. The maximum Gasteiger partial charge on any atom is 0.165 e. The Morgan fingerprint density at radius 1 is 1.00 bits per heavy atom. The monoisotopic (exact) mass is 281 g/mol. The van der Waals surface area contributed by atoms with Gasteiger partial charge in [-0.15, -0.1) is 0 Å². The molecule has 1 aromatic rings. The van der Waals surface area contributed by atoms with Crippen molar-refractivity contribution in [2.45, 2.75) is 43.9 Å². The Hall–Kier alpha value is -1.20. The number of nitrogens with zero attached hydrogens (tertiary/aromatic N) is 1. The highest BCUT2D eigenvalue weighted by Gasteiger charge is 2.35. The third-order valence-corrected chi connectivity index (χ3v) is 2.74. The molecular weight excluding hydrogens is 265 g/mol. The van der Waals surface area contributed by atoms with E-state index >= 15 is 0 Å². The Morgan fingerprint density at radius 2 is 1.68 bits per heavy atom. The van der Waals surface area contributed by atoms with Crippen molar-refractivity contribution < 1.29 is 22.0 Å². The first kappa shape index (κ1) is 15.9. The van der Waals surface area contributed by atoms with Crippen molar-refractivity contribution in [2.24, 2.45) is 0 Å². The molecule has 1 rings (SSSR count). The van der Waals surface area contributed by atoms with E-state index in [1.165, 1.54) is 12.3 Å². The van der Waals surface area contributed by atoms with Gasteiger partial charge in [-0.2, -0.15) is 0 Å². The highest BCUT2D eigenvalue weighted by atomic mass is 19.2. The number of alkyl halides is 5. The number of hydrogen-bond acceptors (Lipinski definition) is 1. The largest absolute Gasteiger partial charge is 0.261 e. The Bertz CT molecular complexity index is 348. The molecule has 19 heavy (non-hydrogen) atoms. The Morgan fingerprint density at radius 3 is 2.26 bits per heavy atom. The first-order valence-corrected chi connectivity index (χ1v) is 6.08. The van der Waals surface area contributed by atoms with Gasteiger partial charge in [-0.1, -0.05) is 6.07 Å². The third kappa shape index (κ3) is 5.12. The molecule has 0 aliphatic rings. The quantitative estimate of drug-likeness (QED) is 0.662. The molecule has 4 unspecified atom stereocenters. The van der Waals surface area contributed by atoms with E-state index in [1.807, 2.05) is 0 Å². The van der Waals surface area contributed by atoms with Crippen molar-refractivity contribution in [1.29, 1.82) is 0 Å². The molecule has 0 spiro atoms. The van der Waals surface area contributed by atoms with Gasteiger partial charge in [0.2, 0.25) is 0 Å². The summed E-state index contributed by atoms with van der Waals surface area (Å²) in [6.45, 7) is -0.808. The molecule has 0 aliphatic heterocycles. The molecule has 0 aromatic carbocycles. The minimum atomic E-state index is -2.58. The van der Waals surface area contributed by atoms with Crippen molar-refractivity contribution in [3.63, 3.8) is 0 Å². The maximum atomic E-state index is 13.5. The van der Waals surface area contributed by atoms with Crippen LogP contribution in [0.3, 0.4) is 0 Å². The molecule has 1 heterocycles. The topological polar surface area (TPSA) is 12.9 Å². The van der Waals surface area contributed by atoms with Crippen LogP contribution in [-0.2, 0) is 6.42 Å². The maximum absolute atomic E-state index is 13.5. The van der Waals surface area contributed by atoms with Crippen molar-refractivity contribution in [2.75, 3.05) is 6.67 Å². The van der Waals surface area contributed by atoms with Crippen molar-refractivity contribution in [3.8, 4) is 0 Å². The zero-order chi connectivity index (χ0) is 14.3. The minimum Gasteiger partial charge on any atom is -0.261 e. The Labute approximate surface area is 108 Å². The lowest BCUT2D eigenvalue weighted by molar-refractivity contribution is 0.0286. The molecule has 0 fully saturated rings. The van der Waals surface area contributed by atoms with E-state index in [-0.39, 0.29) is 12.1 Å². The lowest BCUT2D eigenvalue weighted by Crippen LogP contribution is -2.36. The van der Waals surface area contributed by atoms with E-state index in [1.54, 1.807) is 12.1 Å². The number of pyridine rings is 1. The minimum absolute atomic E-state index is 0.203. The average molecular weight is 281 g/mol. The lowest BCUT2D eigenvalue weighted by Gasteiger charge is -2.20. The summed E-state index contributed by atoms with van der Waals surface area (Å²) in [6, 6.07) is 4.67. The fraction of sp³-hybridized carbons (Fsp3) is 0.615. The molecule has 1 aromatic heterocycles. The summed E-state index contributed by atoms with van der Waals surface area (Å²) in [5, 5.41) is 0. The van der Waals surface area contributed by atoms with E-state index in [0.717, 1.165) is 0 Å². The predicted octanol–water partition coefficient (Wildman–Crippen LogP) is 3.73. The van der Waals surface area contributed by atoms with Gasteiger partial charge in [0.05, 0.1) is 6.67 Å². The molecule has 1 nitrogen and oxygen atoms in total. The second-order valence-corrected chi connectivity index (χ2v) is 4.28. The summed E-state index contributed by atoms with van der Waals surface area (Å²) in [4.78, 5) is 3.78. The molecule has 0 bridgehead atoms. The SMILES string of the molecule is FCCCC(F)C(F)C(F)C(F)Cc1ccccn1. The first-order chi connectivity index (χ1) is 9.06. The van der Waals surface area contributed by atoms with Crippen molar-refractivity contribution in [1.82, 2.24) is 4.98 Å². The molecule has 0 aliphatic carbocycles. The summed E-state index contributed by atoms with van der Waals surface area (Å²) in [6.07, 6.45) is -9.18. The predicted molar refractivity (Wildman–Crippen MR) is 62.7 cm³/mol. The van der Waals surface area contributed by atoms with Crippen LogP contribution < -0.4 is 0 Å². The van der Waals surface area contributed by atoms with Crippen LogP contribution >= 0.6 is 0 Å². The summed E-state index contributed by atoms with van der Waals surface area (Å²) < 4.78 is 65.3. The van der Waals surface area contributed by atoms with Gasteiger partial charge in [0.1, 0.15) is 12.3 Å². The Balaban J connectivity index is 2.49. The second-order valence-electron chi connectivity index (χ2n) is 4.28. The number of rotatable bonds is 8.